The van der Waals surface area contributed by atoms with Crippen molar-refractivity contribution in [3.8, 4) is 0 Å². The van der Waals surface area contributed by atoms with Gasteiger partial charge in [-0.15, -0.1) is 0 Å². The van der Waals surface area contributed by atoms with Crippen LogP contribution in [0.15, 0.2) is 36.5 Å². The molecule has 0 radical (unpaired) electrons. The summed E-state index contributed by atoms with van der Waals surface area (Å²) in [6.07, 6.45) is 50.4. The second-order valence-electron chi connectivity index (χ2n) is 18.7. The minimum atomic E-state index is -1.54. The molecular weight excluding hydrogens is 805 g/mol. The average Bonchev–Trinajstić information content (AvgIpc) is 3.30. The molecule has 64 heavy (non-hydrogen) atoms. The van der Waals surface area contributed by atoms with E-state index in [9.17, 15) is 25.2 Å². The van der Waals surface area contributed by atoms with Crippen LogP contribution in [-0.2, 0) is 23.7 Å². The van der Waals surface area contributed by atoms with Crippen molar-refractivity contribution in [2.75, 3.05) is 26.4 Å². The summed E-state index contributed by atoms with van der Waals surface area (Å²) in [6.45, 7) is 4.48. The molecule has 4 N–H and O–H groups in total. The fourth-order valence-corrected chi connectivity index (χ4v) is 8.39. The Balaban J connectivity index is 2.16. The standard InChI is InChI=1S/C55H102O9/c1-3-5-7-9-11-13-15-17-19-21-23-24-25-26-27-28-30-32-34-36-38-40-42-44-51(57)63-49(48-62-55-54(60)53(59)52(58)50(46-56)64-55)47-61-45-43-41-39-37-35-33-31-29-22-20-18-16-14-12-10-8-6-4-2/h6,8,12,14,18,20,49-50,52-56,58-60H,3-5,7,9-11,13,15-17,19,21-48H2,1-2H3/b8-6-,14-12-,20-18-. The number of aliphatic hydroxyl groups is 4. The quantitative estimate of drug-likeness (QED) is 0.0267. The van der Waals surface area contributed by atoms with Crippen molar-refractivity contribution in [3.63, 3.8) is 0 Å². The van der Waals surface area contributed by atoms with E-state index in [1.165, 1.54) is 167 Å². The molecule has 1 fully saturated rings. The van der Waals surface area contributed by atoms with Gasteiger partial charge in [-0.05, 0) is 44.9 Å². The molecule has 9 nitrogen and oxygen atoms in total. The van der Waals surface area contributed by atoms with Crippen LogP contribution in [0, 0.1) is 0 Å². The average molecular weight is 907 g/mol. The van der Waals surface area contributed by atoms with E-state index in [2.05, 4.69) is 50.3 Å². The smallest absolute Gasteiger partial charge is 0.306 e. The molecule has 0 aromatic heterocycles. The molecule has 1 saturated heterocycles. The van der Waals surface area contributed by atoms with Crippen LogP contribution in [0.4, 0.5) is 0 Å². The maximum absolute atomic E-state index is 12.9. The van der Waals surface area contributed by atoms with E-state index < -0.39 is 43.4 Å². The molecule has 0 bridgehead atoms. The van der Waals surface area contributed by atoms with E-state index in [4.69, 9.17) is 18.9 Å². The lowest BCUT2D eigenvalue weighted by atomic mass is 9.99. The number of allylic oxidation sites excluding steroid dienone is 6. The number of aliphatic hydroxyl groups excluding tert-OH is 4. The molecule has 376 valence electrons. The monoisotopic (exact) mass is 907 g/mol. The van der Waals surface area contributed by atoms with Gasteiger partial charge in [0, 0.05) is 13.0 Å². The Morgan fingerprint density at radius 2 is 0.953 bits per heavy atom. The van der Waals surface area contributed by atoms with E-state index in [1.807, 2.05) is 0 Å². The molecule has 6 atom stereocenters. The lowest BCUT2D eigenvalue weighted by molar-refractivity contribution is -0.305. The Bertz CT molecular complexity index is 1080. The van der Waals surface area contributed by atoms with Gasteiger partial charge in [0.2, 0.25) is 0 Å². The first kappa shape index (κ1) is 60.4. The minimum Gasteiger partial charge on any atom is -0.457 e. The Labute approximate surface area is 393 Å². The number of carbonyl (C=O) groups excluding carboxylic acids is 1. The molecule has 6 unspecified atom stereocenters. The third kappa shape index (κ3) is 36.5. The summed E-state index contributed by atoms with van der Waals surface area (Å²) in [4.78, 5) is 12.9. The van der Waals surface area contributed by atoms with E-state index in [0.717, 1.165) is 57.8 Å². The number of carbonyl (C=O) groups is 1. The molecule has 1 heterocycles. The second-order valence-corrected chi connectivity index (χ2v) is 18.7. The van der Waals surface area contributed by atoms with E-state index in [1.54, 1.807) is 0 Å². The lowest BCUT2D eigenvalue weighted by Crippen LogP contribution is -2.59. The van der Waals surface area contributed by atoms with Gasteiger partial charge in [0.25, 0.3) is 0 Å². The molecule has 1 aliphatic rings. The maximum atomic E-state index is 12.9. The van der Waals surface area contributed by atoms with Crippen molar-refractivity contribution in [1.82, 2.24) is 0 Å². The van der Waals surface area contributed by atoms with Crippen LogP contribution in [0.25, 0.3) is 0 Å². The Hall–Kier alpha value is -1.59. The zero-order chi connectivity index (χ0) is 46.4. The number of unbranched alkanes of at least 4 members (excludes halogenated alkanes) is 30. The fraction of sp³-hybridized carbons (Fsp3) is 0.873. The van der Waals surface area contributed by atoms with Crippen molar-refractivity contribution in [2.24, 2.45) is 0 Å². The van der Waals surface area contributed by atoms with Gasteiger partial charge in [0.15, 0.2) is 6.29 Å². The van der Waals surface area contributed by atoms with Crippen LogP contribution >= 0.6 is 0 Å². The molecule has 0 spiro atoms. The molecule has 1 aliphatic heterocycles. The number of hydrogen-bond acceptors (Lipinski definition) is 9. The SMILES string of the molecule is CC/C=C\C/C=C\C/C=C\CCCCCCCCCCOCC(COC1OC(CO)C(O)C(O)C1O)OC(=O)CCCCCCCCCCCCCCCCCCCCCCCCC. The molecule has 0 aromatic rings. The van der Waals surface area contributed by atoms with Crippen LogP contribution in [-0.4, -0.2) is 89.6 Å². The van der Waals surface area contributed by atoms with E-state index >= 15 is 0 Å². The van der Waals surface area contributed by atoms with Gasteiger partial charge in [0.05, 0.1) is 19.8 Å². The van der Waals surface area contributed by atoms with Crippen LogP contribution in [0.3, 0.4) is 0 Å². The fourth-order valence-electron chi connectivity index (χ4n) is 8.39. The van der Waals surface area contributed by atoms with Crippen molar-refractivity contribution in [3.05, 3.63) is 36.5 Å². The van der Waals surface area contributed by atoms with Gasteiger partial charge >= 0.3 is 5.97 Å². The third-order valence-electron chi connectivity index (χ3n) is 12.6. The largest absolute Gasteiger partial charge is 0.457 e. The molecule has 1 rings (SSSR count). The molecule has 0 amide bonds. The Morgan fingerprint density at radius 1 is 0.516 bits per heavy atom. The highest BCUT2D eigenvalue weighted by molar-refractivity contribution is 5.69. The summed E-state index contributed by atoms with van der Waals surface area (Å²) in [6, 6.07) is 0. The molecule has 0 aromatic carbocycles. The Kier molecular flexibility index (Phi) is 43.9. The normalized spacial score (nSPS) is 19.8. The number of ether oxygens (including phenoxy) is 4. The molecule has 0 aliphatic carbocycles. The highest BCUT2D eigenvalue weighted by atomic mass is 16.7. The molecular formula is C55H102O9. The van der Waals surface area contributed by atoms with Gasteiger partial charge in [0.1, 0.15) is 30.5 Å². The summed E-state index contributed by atoms with van der Waals surface area (Å²) in [5.74, 6) is -0.311. The van der Waals surface area contributed by atoms with Crippen molar-refractivity contribution in [2.45, 2.75) is 282 Å². The number of hydrogen-bond donors (Lipinski definition) is 4. The number of esters is 1. The summed E-state index contributed by atoms with van der Waals surface area (Å²) >= 11 is 0. The predicted octanol–water partition coefficient (Wildman–Crippen LogP) is 13.5. The summed E-state index contributed by atoms with van der Waals surface area (Å²) in [5.41, 5.74) is 0. The summed E-state index contributed by atoms with van der Waals surface area (Å²) in [5, 5.41) is 40.3. The van der Waals surface area contributed by atoms with Crippen LogP contribution < -0.4 is 0 Å². The second kappa shape index (κ2) is 46.5. The molecule has 0 saturated carbocycles. The highest BCUT2D eigenvalue weighted by Gasteiger charge is 2.44. The zero-order valence-corrected chi connectivity index (χ0v) is 41.5. The van der Waals surface area contributed by atoms with Crippen molar-refractivity contribution in [1.29, 1.82) is 0 Å². The van der Waals surface area contributed by atoms with Gasteiger partial charge in [-0.3, -0.25) is 4.79 Å². The third-order valence-corrected chi connectivity index (χ3v) is 12.6. The highest BCUT2D eigenvalue weighted by Crippen LogP contribution is 2.23. The summed E-state index contributed by atoms with van der Waals surface area (Å²) in [7, 11) is 0. The van der Waals surface area contributed by atoms with Gasteiger partial charge < -0.3 is 39.4 Å². The predicted molar refractivity (Wildman–Crippen MR) is 265 cm³/mol. The van der Waals surface area contributed by atoms with E-state index in [-0.39, 0.29) is 19.2 Å². The van der Waals surface area contributed by atoms with Crippen LogP contribution in [0.2, 0.25) is 0 Å². The van der Waals surface area contributed by atoms with Crippen LogP contribution in [0.5, 0.6) is 0 Å². The zero-order valence-electron chi connectivity index (χ0n) is 41.5. The van der Waals surface area contributed by atoms with Gasteiger partial charge in [-0.2, -0.15) is 0 Å². The van der Waals surface area contributed by atoms with Crippen molar-refractivity contribution < 1.29 is 44.2 Å². The molecule has 9 heteroatoms. The van der Waals surface area contributed by atoms with Crippen LogP contribution in [0.1, 0.15) is 245 Å². The summed E-state index contributed by atoms with van der Waals surface area (Å²) < 4.78 is 22.9. The number of rotatable bonds is 47. The van der Waals surface area contributed by atoms with Crippen molar-refractivity contribution >= 4 is 5.97 Å². The van der Waals surface area contributed by atoms with E-state index in [0.29, 0.717) is 13.0 Å². The first-order chi connectivity index (χ1) is 31.4. The lowest BCUT2D eigenvalue weighted by Gasteiger charge is -2.39. The topological polar surface area (TPSA) is 135 Å². The first-order valence-corrected chi connectivity index (χ1v) is 27.1. The minimum absolute atomic E-state index is 0.113. The maximum Gasteiger partial charge on any atom is 0.306 e. The Morgan fingerprint density at radius 3 is 1.44 bits per heavy atom. The van der Waals surface area contributed by atoms with Gasteiger partial charge in [-0.25, -0.2) is 0 Å². The first-order valence-electron chi connectivity index (χ1n) is 27.1. The van der Waals surface area contributed by atoms with Gasteiger partial charge in [-0.1, -0.05) is 230 Å².